The number of sulfonamides is 1. The Hall–Kier alpha value is -2.97. The molecule has 150 valence electrons. The van der Waals surface area contributed by atoms with Crippen LogP contribution < -0.4 is 4.72 Å². The minimum atomic E-state index is -3.84. The number of fused-ring (bicyclic) bond motifs is 1. The number of nitrogens with one attached hydrogen (secondary N) is 1. The first-order valence-corrected chi connectivity index (χ1v) is 10.8. The maximum absolute atomic E-state index is 12.8. The van der Waals surface area contributed by atoms with Crippen LogP contribution in [0.1, 0.15) is 23.7 Å². The van der Waals surface area contributed by atoms with Gasteiger partial charge in [0.05, 0.1) is 24.2 Å². The van der Waals surface area contributed by atoms with Gasteiger partial charge in [0.25, 0.3) is 15.9 Å². The highest BCUT2D eigenvalue weighted by molar-refractivity contribution is 7.93. The molecule has 1 saturated heterocycles. The molecule has 1 aliphatic heterocycles. The summed E-state index contributed by atoms with van der Waals surface area (Å²) in [6.45, 7) is 2.50. The van der Waals surface area contributed by atoms with Gasteiger partial charge in [-0.2, -0.15) is 0 Å². The number of rotatable bonds is 5. The molecule has 8 heteroatoms. The molecule has 2 heterocycles. The molecular weight excluding hydrogens is 390 g/mol. The van der Waals surface area contributed by atoms with Gasteiger partial charge in [-0.3, -0.25) is 14.5 Å². The number of hydrogen-bond donors (Lipinski definition) is 2. The summed E-state index contributed by atoms with van der Waals surface area (Å²) in [5, 5.41) is 10.8. The topological polar surface area (TPSA) is 99.6 Å². The fourth-order valence-corrected chi connectivity index (χ4v) is 4.64. The van der Waals surface area contributed by atoms with E-state index in [2.05, 4.69) is 9.71 Å². The molecule has 2 N–H and O–H groups in total. The molecule has 0 atom stereocenters. The number of nitrogens with zero attached hydrogens (tertiary/aromatic N) is 2. The van der Waals surface area contributed by atoms with Gasteiger partial charge >= 0.3 is 0 Å². The molecule has 1 aliphatic rings. The third kappa shape index (κ3) is 3.68. The van der Waals surface area contributed by atoms with Crippen LogP contribution in [-0.4, -0.2) is 48.0 Å². The van der Waals surface area contributed by atoms with Crippen molar-refractivity contribution in [2.45, 2.75) is 23.8 Å². The van der Waals surface area contributed by atoms with Crippen LogP contribution in [0.15, 0.2) is 65.7 Å². The molecule has 3 aromatic rings. The second-order valence-electron chi connectivity index (χ2n) is 7.25. The Morgan fingerprint density at radius 2 is 1.83 bits per heavy atom. The highest BCUT2D eigenvalue weighted by Crippen LogP contribution is 2.27. The van der Waals surface area contributed by atoms with Gasteiger partial charge in [-0.05, 0) is 42.8 Å². The number of β-amino-alcohol motifs (C(OH)–C–C–N with tert-alkyl or cyclic N) is 1. The summed E-state index contributed by atoms with van der Waals surface area (Å²) in [6, 6.07) is 14.8. The van der Waals surface area contributed by atoms with Crippen molar-refractivity contribution in [1.29, 1.82) is 0 Å². The first-order chi connectivity index (χ1) is 13.8. The van der Waals surface area contributed by atoms with Gasteiger partial charge in [-0.15, -0.1) is 0 Å². The van der Waals surface area contributed by atoms with E-state index in [4.69, 9.17) is 0 Å². The highest BCUT2D eigenvalue weighted by atomic mass is 32.2. The number of anilines is 1. The standard InChI is InChI=1S/C21H21N3O4S/c1-2-21(26)13-24(14-21)20(25)16-8-10-17(11-9-16)23-29(27,28)18-7-3-5-15-6-4-12-22-19(15)18/h3-12,23,26H,2,13-14H2,1H3. The molecule has 0 bridgehead atoms. The van der Waals surface area contributed by atoms with Crippen LogP contribution in [-0.2, 0) is 10.0 Å². The van der Waals surface area contributed by atoms with E-state index in [1.165, 1.54) is 6.07 Å². The molecule has 1 aromatic heterocycles. The molecule has 1 fully saturated rings. The number of carbonyl (C=O) groups is 1. The van der Waals surface area contributed by atoms with E-state index in [9.17, 15) is 18.3 Å². The summed E-state index contributed by atoms with van der Waals surface area (Å²) in [4.78, 5) is 18.3. The maximum atomic E-state index is 12.8. The predicted molar refractivity (Wildman–Crippen MR) is 110 cm³/mol. The minimum Gasteiger partial charge on any atom is -0.386 e. The van der Waals surface area contributed by atoms with E-state index >= 15 is 0 Å². The largest absolute Gasteiger partial charge is 0.386 e. The zero-order chi connectivity index (χ0) is 20.6. The van der Waals surface area contributed by atoms with Gasteiger partial charge < -0.3 is 10.0 Å². The Labute approximate surface area is 169 Å². The summed E-state index contributed by atoms with van der Waals surface area (Å²) < 4.78 is 28.2. The van der Waals surface area contributed by atoms with Crippen molar-refractivity contribution in [2.75, 3.05) is 17.8 Å². The molecule has 7 nitrogen and oxygen atoms in total. The molecule has 0 saturated carbocycles. The lowest BCUT2D eigenvalue weighted by Gasteiger charge is -2.46. The normalized spacial score (nSPS) is 15.7. The van der Waals surface area contributed by atoms with E-state index in [0.717, 1.165) is 5.39 Å². The van der Waals surface area contributed by atoms with E-state index in [-0.39, 0.29) is 10.8 Å². The fourth-order valence-electron chi connectivity index (χ4n) is 3.40. The number of aromatic nitrogens is 1. The lowest BCUT2D eigenvalue weighted by Crippen LogP contribution is -2.63. The number of benzene rings is 2. The highest BCUT2D eigenvalue weighted by Gasteiger charge is 2.42. The first-order valence-electron chi connectivity index (χ1n) is 9.30. The van der Waals surface area contributed by atoms with Gasteiger partial charge in [0.15, 0.2) is 0 Å². The Kier molecular flexibility index (Phi) is 4.76. The fraction of sp³-hybridized carbons (Fsp3) is 0.238. The SMILES string of the molecule is CCC1(O)CN(C(=O)c2ccc(NS(=O)(=O)c3cccc4cccnc34)cc2)C1. The molecule has 4 rings (SSSR count). The van der Waals surface area contributed by atoms with Gasteiger partial charge in [-0.1, -0.05) is 25.1 Å². The van der Waals surface area contributed by atoms with Crippen LogP contribution in [0.3, 0.4) is 0 Å². The van der Waals surface area contributed by atoms with Gasteiger partial charge in [0.1, 0.15) is 4.90 Å². The van der Waals surface area contributed by atoms with Crippen molar-refractivity contribution in [3.63, 3.8) is 0 Å². The van der Waals surface area contributed by atoms with Crippen molar-refractivity contribution in [1.82, 2.24) is 9.88 Å². The van der Waals surface area contributed by atoms with E-state index in [0.29, 0.717) is 36.3 Å². The summed E-state index contributed by atoms with van der Waals surface area (Å²) in [7, 11) is -3.84. The molecule has 0 unspecified atom stereocenters. The number of para-hydroxylation sites is 1. The molecule has 29 heavy (non-hydrogen) atoms. The Morgan fingerprint density at radius 3 is 2.52 bits per heavy atom. The molecule has 0 radical (unpaired) electrons. The van der Waals surface area contributed by atoms with Gasteiger partial charge in [-0.25, -0.2) is 8.42 Å². The van der Waals surface area contributed by atoms with Crippen molar-refractivity contribution in [3.8, 4) is 0 Å². The lowest BCUT2D eigenvalue weighted by atomic mass is 9.90. The van der Waals surface area contributed by atoms with Crippen LogP contribution in [0.2, 0.25) is 0 Å². The van der Waals surface area contributed by atoms with E-state index < -0.39 is 15.6 Å². The second-order valence-corrected chi connectivity index (χ2v) is 8.90. The van der Waals surface area contributed by atoms with Crippen molar-refractivity contribution < 1.29 is 18.3 Å². The maximum Gasteiger partial charge on any atom is 0.264 e. The summed E-state index contributed by atoms with van der Waals surface area (Å²) in [5.74, 6) is -0.184. The molecule has 0 aliphatic carbocycles. The zero-order valence-corrected chi connectivity index (χ0v) is 16.7. The molecular formula is C21H21N3O4S. The summed E-state index contributed by atoms with van der Waals surface area (Å²) in [5.41, 5.74) is 0.397. The predicted octanol–water partition coefficient (Wildman–Crippen LogP) is 2.63. The summed E-state index contributed by atoms with van der Waals surface area (Å²) >= 11 is 0. The Balaban J connectivity index is 1.52. The molecule has 1 amide bonds. The van der Waals surface area contributed by atoms with Crippen molar-refractivity contribution >= 4 is 32.5 Å². The number of pyridine rings is 1. The second kappa shape index (κ2) is 7.13. The quantitative estimate of drug-likeness (QED) is 0.672. The average molecular weight is 411 g/mol. The van der Waals surface area contributed by atoms with Crippen LogP contribution in [0.4, 0.5) is 5.69 Å². The lowest BCUT2D eigenvalue weighted by molar-refractivity contribution is -0.0826. The first kappa shape index (κ1) is 19.4. The van der Waals surface area contributed by atoms with E-state index in [1.807, 2.05) is 6.92 Å². The van der Waals surface area contributed by atoms with E-state index in [1.54, 1.807) is 59.6 Å². The average Bonchev–Trinajstić information content (AvgIpc) is 2.70. The molecule has 0 spiro atoms. The number of likely N-dealkylation sites (tertiary alicyclic amines) is 1. The Bertz CT molecular complexity index is 1160. The van der Waals surface area contributed by atoms with Crippen molar-refractivity contribution in [2.24, 2.45) is 0 Å². The summed E-state index contributed by atoms with van der Waals surface area (Å²) in [6.07, 6.45) is 2.15. The van der Waals surface area contributed by atoms with Crippen molar-refractivity contribution in [3.05, 3.63) is 66.4 Å². The van der Waals surface area contributed by atoms with Gasteiger partial charge in [0, 0.05) is 22.8 Å². The van der Waals surface area contributed by atoms with Crippen LogP contribution in [0.25, 0.3) is 10.9 Å². The third-order valence-electron chi connectivity index (χ3n) is 5.18. The number of hydrogen-bond acceptors (Lipinski definition) is 5. The zero-order valence-electron chi connectivity index (χ0n) is 15.9. The molecule has 2 aromatic carbocycles. The number of aliphatic hydroxyl groups is 1. The third-order valence-corrected chi connectivity index (χ3v) is 6.60. The van der Waals surface area contributed by atoms with Crippen LogP contribution in [0.5, 0.6) is 0 Å². The number of amides is 1. The monoisotopic (exact) mass is 411 g/mol. The minimum absolute atomic E-state index is 0.0928. The van der Waals surface area contributed by atoms with Crippen LogP contribution >= 0.6 is 0 Å². The smallest absolute Gasteiger partial charge is 0.264 e. The van der Waals surface area contributed by atoms with Gasteiger partial charge in [0.2, 0.25) is 0 Å². The van der Waals surface area contributed by atoms with Crippen LogP contribution in [0, 0.1) is 0 Å². The Morgan fingerprint density at radius 1 is 1.14 bits per heavy atom. The number of carbonyl (C=O) groups excluding carboxylic acids is 1.